The number of thioether (sulfide) groups is 1. The molecule has 176 valence electrons. The third-order valence-electron chi connectivity index (χ3n) is 5.63. The fourth-order valence-corrected chi connectivity index (χ4v) is 5.18. The van der Waals surface area contributed by atoms with Gasteiger partial charge in [0.2, 0.25) is 5.89 Å². The zero-order valence-corrected chi connectivity index (χ0v) is 21.6. The smallest absolute Gasteiger partial charge is 0.262 e. The summed E-state index contributed by atoms with van der Waals surface area (Å²) in [5.41, 5.74) is 3.22. The molecule has 0 spiro atoms. The number of aryl methyl sites for hydroxylation is 1. The number of methoxy groups -OCH3 is 1. The SMILES string of the molecule is COc1ccc(Br)cc1-c1nc(CSc2nc3ccccc3c(=O)n2Cc2ccccc2)c(C)o1. The van der Waals surface area contributed by atoms with Gasteiger partial charge in [0.05, 0.1) is 35.8 Å². The molecule has 8 heteroatoms. The third-order valence-corrected chi connectivity index (χ3v) is 7.11. The van der Waals surface area contributed by atoms with Crippen molar-refractivity contribution in [2.24, 2.45) is 0 Å². The molecule has 0 fully saturated rings. The van der Waals surface area contributed by atoms with Crippen molar-refractivity contribution in [3.05, 3.63) is 105 Å². The molecule has 0 bridgehead atoms. The summed E-state index contributed by atoms with van der Waals surface area (Å²) < 4.78 is 14.1. The maximum absolute atomic E-state index is 13.4. The van der Waals surface area contributed by atoms with Gasteiger partial charge in [-0.1, -0.05) is 70.2 Å². The van der Waals surface area contributed by atoms with E-state index in [-0.39, 0.29) is 5.56 Å². The molecule has 2 heterocycles. The minimum atomic E-state index is -0.0570. The van der Waals surface area contributed by atoms with Crippen molar-refractivity contribution in [2.45, 2.75) is 24.4 Å². The van der Waals surface area contributed by atoms with Crippen molar-refractivity contribution in [2.75, 3.05) is 7.11 Å². The molecule has 0 saturated carbocycles. The molecule has 0 aliphatic rings. The van der Waals surface area contributed by atoms with E-state index < -0.39 is 0 Å². The molecule has 0 aliphatic carbocycles. The number of para-hydroxylation sites is 1. The Morgan fingerprint density at radius 2 is 1.80 bits per heavy atom. The van der Waals surface area contributed by atoms with E-state index in [1.165, 1.54) is 11.8 Å². The van der Waals surface area contributed by atoms with E-state index in [4.69, 9.17) is 19.1 Å². The molecule has 5 aromatic rings. The average molecular weight is 548 g/mol. The van der Waals surface area contributed by atoms with Gasteiger partial charge in [-0.25, -0.2) is 9.97 Å². The van der Waals surface area contributed by atoms with Gasteiger partial charge in [0.25, 0.3) is 5.56 Å². The fraction of sp³-hybridized carbons (Fsp3) is 0.148. The minimum absolute atomic E-state index is 0.0570. The Morgan fingerprint density at radius 1 is 1.03 bits per heavy atom. The molecule has 0 atom stereocenters. The molecule has 6 nitrogen and oxygen atoms in total. The van der Waals surface area contributed by atoms with Crippen LogP contribution in [-0.4, -0.2) is 21.6 Å². The number of aromatic nitrogens is 3. The molecule has 0 N–H and O–H groups in total. The van der Waals surface area contributed by atoms with Gasteiger partial charge in [0, 0.05) is 10.2 Å². The minimum Gasteiger partial charge on any atom is -0.496 e. The van der Waals surface area contributed by atoms with Crippen LogP contribution in [0, 0.1) is 6.92 Å². The predicted octanol–water partition coefficient (Wildman–Crippen LogP) is 6.47. The highest BCUT2D eigenvalue weighted by molar-refractivity contribution is 9.10. The maximum atomic E-state index is 13.4. The summed E-state index contributed by atoms with van der Waals surface area (Å²) >= 11 is 4.97. The number of fused-ring (bicyclic) bond motifs is 1. The third kappa shape index (κ3) is 4.90. The fourth-order valence-electron chi connectivity index (χ4n) is 3.82. The van der Waals surface area contributed by atoms with Crippen LogP contribution in [0.15, 0.2) is 91.6 Å². The highest BCUT2D eigenvalue weighted by atomic mass is 79.9. The van der Waals surface area contributed by atoms with E-state index in [9.17, 15) is 4.79 Å². The Labute approximate surface area is 215 Å². The van der Waals surface area contributed by atoms with Crippen LogP contribution < -0.4 is 10.3 Å². The summed E-state index contributed by atoms with van der Waals surface area (Å²) in [5.74, 6) is 2.39. The number of halogens is 1. The van der Waals surface area contributed by atoms with Crippen LogP contribution in [0.1, 0.15) is 17.0 Å². The second-order valence-electron chi connectivity index (χ2n) is 7.94. The van der Waals surface area contributed by atoms with Gasteiger partial charge in [-0.2, -0.15) is 0 Å². The summed E-state index contributed by atoms with van der Waals surface area (Å²) in [4.78, 5) is 22.9. The van der Waals surface area contributed by atoms with Gasteiger partial charge in [-0.15, -0.1) is 0 Å². The number of rotatable bonds is 7. The first kappa shape index (κ1) is 23.4. The molecular weight excluding hydrogens is 526 g/mol. The first-order valence-corrected chi connectivity index (χ1v) is 12.8. The van der Waals surface area contributed by atoms with Crippen molar-refractivity contribution >= 4 is 38.6 Å². The molecule has 5 rings (SSSR count). The lowest BCUT2D eigenvalue weighted by atomic mass is 10.2. The monoisotopic (exact) mass is 547 g/mol. The predicted molar refractivity (Wildman–Crippen MR) is 142 cm³/mol. The first-order chi connectivity index (χ1) is 17.0. The number of ether oxygens (including phenoxy) is 1. The standard InChI is InChI=1S/C27H22BrN3O3S/c1-17-23(29-25(34-17)21-14-19(28)12-13-24(21)33-2)16-35-27-30-22-11-7-6-10-20(22)26(32)31(27)15-18-8-4-3-5-9-18/h3-14H,15-16H2,1-2H3. The molecule has 35 heavy (non-hydrogen) atoms. The van der Waals surface area contributed by atoms with E-state index in [2.05, 4.69) is 15.9 Å². The lowest BCUT2D eigenvalue weighted by molar-refractivity contribution is 0.414. The van der Waals surface area contributed by atoms with Crippen molar-refractivity contribution in [1.29, 1.82) is 0 Å². The summed E-state index contributed by atoms with van der Waals surface area (Å²) in [6, 6.07) is 23.1. The first-order valence-electron chi connectivity index (χ1n) is 11.0. The van der Waals surface area contributed by atoms with Crippen molar-refractivity contribution in [3.8, 4) is 17.2 Å². The molecule has 0 saturated heterocycles. The van der Waals surface area contributed by atoms with Crippen LogP contribution >= 0.6 is 27.7 Å². The quantitative estimate of drug-likeness (QED) is 0.172. The van der Waals surface area contributed by atoms with Gasteiger partial charge in [0.15, 0.2) is 5.16 Å². The molecule has 0 aliphatic heterocycles. The van der Waals surface area contributed by atoms with Gasteiger partial charge >= 0.3 is 0 Å². The van der Waals surface area contributed by atoms with E-state index in [1.54, 1.807) is 11.7 Å². The van der Waals surface area contributed by atoms with Crippen molar-refractivity contribution in [3.63, 3.8) is 0 Å². The van der Waals surface area contributed by atoms with E-state index in [1.807, 2.05) is 79.7 Å². The summed E-state index contributed by atoms with van der Waals surface area (Å²) in [7, 11) is 1.62. The van der Waals surface area contributed by atoms with Crippen LogP contribution in [0.5, 0.6) is 5.75 Å². The van der Waals surface area contributed by atoms with Crippen molar-refractivity contribution < 1.29 is 9.15 Å². The van der Waals surface area contributed by atoms with Crippen LogP contribution in [-0.2, 0) is 12.3 Å². The topological polar surface area (TPSA) is 70.2 Å². The lowest BCUT2D eigenvalue weighted by Crippen LogP contribution is -2.24. The molecule has 0 amide bonds. The number of hydrogen-bond acceptors (Lipinski definition) is 6. The molecule has 0 unspecified atom stereocenters. The second-order valence-corrected chi connectivity index (χ2v) is 9.80. The largest absolute Gasteiger partial charge is 0.496 e. The summed E-state index contributed by atoms with van der Waals surface area (Å²) in [6.07, 6.45) is 0. The molecule has 2 aromatic heterocycles. The average Bonchev–Trinajstić information content (AvgIpc) is 3.25. The Hall–Kier alpha value is -3.36. The van der Waals surface area contributed by atoms with Crippen LogP contribution in [0.3, 0.4) is 0 Å². The second kappa shape index (κ2) is 10.1. The number of benzene rings is 3. The Kier molecular flexibility index (Phi) is 6.74. The zero-order valence-electron chi connectivity index (χ0n) is 19.2. The van der Waals surface area contributed by atoms with Gasteiger partial charge in [-0.3, -0.25) is 9.36 Å². The Morgan fingerprint density at radius 3 is 2.60 bits per heavy atom. The highest BCUT2D eigenvalue weighted by Gasteiger charge is 2.18. The summed E-state index contributed by atoms with van der Waals surface area (Å²) in [5, 5.41) is 1.25. The number of hydrogen-bond donors (Lipinski definition) is 0. The van der Waals surface area contributed by atoms with Crippen molar-refractivity contribution in [1.82, 2.24) is 14.5 Å². The Bertz CT molecular complexity index is 1560. The molecule has 3 aromatic carbocycles. The van der Waals surface area contributed by atoms with Crippen LogP contribution in [0.25, 0.3) is 22.4 Å². The highest BCUT2D eigenvalue weighted by Crippen LogP contribution is 2.34. The van der Waals surface area contributed by atoms with E-state index >= 15 is 0 Å². The maximum Gasteiger partial charge on any atom is 0.262 e. The van der Waals surface area contributed by atoms with E-state index in [0.29, 0.717) is 45.8 Å². The van der Waals surface area contributed by atoms with E-state index in [0.717, 1.165) is 21.3 Å². The van der Waals surface area contributed by atoms with Crippen LogP contribution in [0.2, 0.25) is 0 Å². The Balaban J connectivity index is 1.49. The number of nitrogens with zero attached hydrogens (tertiary/aromatic N) is 3. The van der Waals surface area contributed by atoms with Gasteiger partial charge in [0.1, 0.15) is 11.5 Å². The molecule has 0 radical (unpaired) electrons. The lowest BCUT2D eigenvalue weighted by Gasteiger charge is -2.13. The number of oxazole rings is 1. The van der Waals surface area contributed by atoms with Gasteiger partial charge in [-0.05, 0) is 42.8 Å². The molecular formula is C27H22BrN3O3S. The normalized spacial score (nSPS) is 11.2. The van der Waals surface area contributed by atoms with Crippen LogP contribution in [0.4, 0.5) is 0 Å². The summed E-state index contributed by atoms with van der Waals surface area (Å²) in [6.45, 7) is 2.33. The zero-order chi connectivity index (χ0) is 24.4. The van der Waals surface area contributed by atoms with Gasteiger partial charge < -0.3 is 9.15 Å².